The molecule has 2 N–H and O–H groups in total. The summed E-state index contributed by atoms with van der Waals surface area (Å²) in [5, 5.41) is 15.5. The Bertz CT molecular complexity index is 737. The molecular formula is C17H18ClF3N2O. The van der Waals surface area contributed by atoms with Gasteiger partial charge in [0.15, 0.2) is 0 Å². The number of fused-ring (bicyclic) bond motifs is 1. The summed E-state index contributed by atoms with van der Waals surface area (Å²) in [5.41, 5.74) is -1.39. The highest BCUT2D eigenvalue weighted by atomic mass is 35.5. The minimum absolute atomic E-state index is 0.0151. The van der Waals surface area contributed by atoms with E-state index in [0.717, 1.165) is 10.8 Å². The van der Waals surface area contributed by atoms with Crippen LogP contribution in [0.25, 0.3) is 10.8 Å². The van der Waals surface area contributed by atoms with Crippen molar-refractivity contribution < 1.29 is 18.3 Å². The Labute approximate surface area is 142 Å². The summed E-state index contributed by atoms with van der Waals surface area (Å²) in [6.07, 6.45) is -3.78. The molecule has 1 aromatic carbocycles. The van der Waals surface area contributed by atoms with Crippen molar-refractivity contribution in [3.8, 4) is 0 Å². The molecule has 1 saturated carbocycles. The second-order valence-corrected chi connectivity index (χ2v) is 6.79. The number of hydrogen-bond acceptors (Lipinski definition) is 3. The zero-order valence-electron chi connectivity index (χ0n) is 12.9. The highest BCUT2D eigenvalue weighted by molar-refractivity contribution is 6.34. The van der Waals surface area contributed by atoms with Crippen LogP contribution < -0.4 is 5.32 Å². The zero-order chi connectivity index (χ0) is 17.4. The summed E-state index contributed by atoms with van der Waals surface area (Å²) in [6, 6.07) is 9.21. The molecule has 3 rings (SSSR count). The summed E-state index contributed by atoms with van der Waals surface area (Å²) in [7, 11) is 0. The van der Waals surface area contributed by atoms with Crippen LogP contribution in [0, 0.1) is 5.92 Å². The molecular weight excluding hydrogens is 341 g/mol. The second kappa shape index (κ2) is 6.41. The lowest BCUT2D eigenvalue weighted by Gasteiger charge is -2.37. The van der Waals surface area contributed by atoms with Crippen molar-refractivity contribution in [2.45, 2.75) is 37.5 Å². The Balaban J connectivity index is 1.73. The van der Waals surface area contributed by atoms with Gasteiger partial charge < -0.3 is 10.4 Å². The molecule has 0 spiro atoms. The number of nitrogens with one attached hydrogen (secondary N) is 1. The lowest BCUT2D eigenvalue weighted by atomic mass is 9.77. The molecule has 24 heavy (non-hydrogen) atoms. The average molecular weight is 359 g/mol. The fourth-order valence-corrected chi connectivity index (χ4v) is 3.55. The van der Waals surface area contributed by atoms with Crippen molar-refractivity contribution in [2.24, 2.45) is 5.92 Å². The van der Waals surface area contributed by atoms with E-state index in [0.29, 0.717) is 23.8 Å². The molecule has 0 radical (unpaired) electrons. The maximum atomic E-state index is 12.9. The molecule has 3 nitrogen and oxygen atoms in total. The molecule has 1 heterocycles. The van der Waals surface area contributed by atoms with Gasteiger partial charge in [-0.1, -0.05) is 35.9 Å². The SMILES string of the molecule is OC1(CNc2cc3ccccc3c(Cl)n2)CCCC(C(F)(F)F)C1. The molecule has 1 fully saturated rings. The van der Waals surface area contributed by atoms with E-state index in [1.165, 1.54) is 0 Å². The number of halogens is 4. The highest BCUT2D eigenvalue weighted by Gasteiger charge is 2.46. The van der Waals surface area contributed by atoms with Gasteiger partial charge in [0.05, 0.1) is 11.5 Å². The molecule has 2 aromatic rings. The minimum Gasteiger partial charge on any atom is -0.388 e. The quantitative estimate of drug-likeness (QED) is 0.776. The van der Waals surface area contributed by atoms with E-state index in [1.54, 1.807) is 6.07 Å². The lowest BCUT2D eigenvalue weighted by Crippen LogP contribution is -2.45. The summed E-state index contributed by atoms with van der Waals surface area (Å²) in [6.45, 7) is 0.0151. The van der Waals surface area contributed by atoms with Crippen LogP contribution in [0.1, 0.15) is 25.7 Å². The summed E-state index contributed by atoms with van der Waals surface area (Å²) < 4.78 is 38.7. The van der Waals surface area contributed by atoms with Gasteiger partial charge in [-0.15, -0.1) is 0 Å². The molecule has 0 aliphatic heterocycles. The van der Waals surface area contributed by atoms with Crippen molar-refractivity contribution in [1.82, 2.24) is 4.98 Å². The Morgan fingerprint density at radius 2 is 2.08 bits per heavy atom. The van der Waals surface area contributed by atoms with Crippen molar-refractivity contribution >= 4 is 28.2 Å². The van der Waals surface area contributed by atoms with Crippen LogP contribution in [0.3, 0.4) is 0 Å². The third-order valence-corrected chi connectivity index (χ3v) is 4.86. The number of aliphatic hydroxyl groups is 1. The second-order valence-electron chi connectivity index (χ2n) is 6.43. The maximum Gasteiger partial charge on any atom is 0.391 e. The van der Waals surface area contributed by atoms with Crippen LogP contribution in [0.2, 0.25) is 5.15 Å². The van der Waals surface area contributed by atoms with Gasteiger partial charge >= 0.3 is 6.18 Å². The lowest BCUT2D eigenvalue weighted by molar-refractivity contribution is -0.199. The van der Waals surface area contributed by atoms with Gasteiger partial charge in [-0.05, 0) is 37.1 Å². The first kappa shape index (κ1) is 17.3. The van der Waals surface area contributed by atoms with Crippen molar-refractivity contribution in [2.75, 3.05) is 11.9 Å². The minimum atomic E-state index is -4.26. The monoisotopic (exact) mass is 358 g/mol. The first-order chi connectivity index (χ1) is 11.3. The number of hydrogen-bond donors (Lipinski definition) is 2. The number of rotatable bonds is 3. The molecule has 1 aromatic heterocycles. The Hall–Kier alpha value is -1.53. The fourth-order valence-electron chi connectivity index (χ4n) is 3.28. The van der Waals surface area contributed by atoms with E-state index in [-0.39, 0.29) is 19.4 Å². The van der Waals surface area contributed by atoms with Crippen molar-refractivity contribution in [3.63, 3.8) is 0 Å². The third kappa shape index (κ3) is 3.75. The summed E-state index contributed by atoms with van der Waals surface area (Å²) >= 11 is 6.14. The van der Waals surface area contributed by atoms with Crippen LogP contribution in [0.5, 0.6) is 0 Å². The number of alkyl halides is 3. The molecule has 1 aliphatic rings. The molecule has 0 bridgehead atoms. The van der Waals surface area contributed by atoms with Gasteiger partial charge in [-0.2, -0.15) is 13.2 Å². The zero-order valence-corrected chi connectivity index (χ0v) is 13.7. The Morgan fingerprint density at radius 3 is 2.83 bits per heavy atom. The van der Waals surface area contributed by atoms with Crippen molar-refractivity contribution in [3.05, 3.63) is 35.5 Å². The normalized spacial score (nSPS) is 25.0. The van der Waals surface area contributed by atoms with Crippen LogP contribution >= 0.6 is 11.6 Å². The predicted molar refractivity (Wildman–Crippen MR) is 88.2 cm³/mol. The largest absolute Gasteiger partial charge is 0.391 e. The number of benzene rings is 1. The van der Waals surface area contributed by atoms with E-state index < -0.39 is 17.7 Å². The molecule has 1 aliphatic carbocycles. The first-order valence-electron chi connectivity index (χ1n) is 7.85. The number of aromatic nitrogens is 1. The molecule has 7 heteroatoms. The summed E-state index contributed by atoms with van der Waals surface area (Å²) in [5.74, 6) is -1.01. The van der Waals surface area contributed by atoms with Gasteiger partial charge in [0, 0.05) is 11.9 Å². The molecule has 0 saturated heterocycles. The fraction of sp³-hybridized carbons (Fsp3) is 0.471. The van der Waals surface area contributed by atoms with Gasteiger partial charge in [-0.25, -0.2) is 4.98 Å². The van der Waals surface area contributed by atoms with Gasteiger partial charge in [-0.3, -0.25) is 0 Å². The van der Waals surface area contributed by atoms with E-state index in [1.807, 2.05) is 24.3 Å². The van der Waals surface area contributed by atoms with Crippen LogP contribution in [-0.4, -0.2) is 28.4 Å². The Morgan fingerprint density at radius 1 is 1.33 bits per heavy atom. The van der Waals surface area contributed by atoms with E-state index in [4.69, 9.17) is 11.6 Å². The average Bonchev–Trinajstić information content (AvgIpc) is 2.52. The summed E-state index contributed by atoms with van der Waals surface area (Å²) in [4.78, 5) is 4.21. The van der Waals surface area contributed by atoms with E-state index >= 15 is 0 Å². The standard InChI is InChI=1S/C17H18ClF3N2O/c18-15-13-6-2-1-4-11(13)8-14(23-15)22-10-16(24)7-3-5-12(9-16)17(19,20)21/h1-2,4,6,8,12,24H,3,5,7,9-10H2,(H,22,23). The van der Waals surface area contributed by atoms with Gasteiger partial charge in [0.25, 0.3) is 0 Å². The van der Waals surface area contributed by atoms with Gasteiger partial charge in [0.1, 0.15) is 11.0 Å². The molecule has 2 unspecified atom stereocenters. The molecule has 0 amide bonds. The Kier molecular flexibility index (Phi) is 4.62. The predicted octanol–water partition coefficient (Wildman–Crippen LogP) is 4.78. The highest BCUT2D eigenvalue weighted by Crippen LogP contribution is 2.41. The number of pyridine rings is 1. The number of anilines is 1. The smallest absolute Gasteiger partial charge is 0.388 e. The van der Waals surface area contributed by atoms with Crippen LogP contribution in [-0.2, 0) is 0 Å². The van der Waals surface area contributed by atoms with E-state index in [9.17, 15) is 18.3 Å². The number of nitrogens with zero attached hydrogens (tertiary/aromatic N) is 1. The van der Waals surface area contributed by atoms with Crippen LogP contribution in [0.15, 0.2) is 30.3 Å². The first-order valence-corrected chi connectivity index (χ1v) is 8.23. The maximum absolute atomic E-state index is 12.9. The van der Waals surface area contributed by atoms with Crippen molar-refractivity contribution in [1.29, 1.82) is 0 Å². The topological polar surface area (TPSA) is 45.1 Å². The van der Waals surface area contributed by atoms with Gasteiger partial charge in [0.2, 0.25) is 0 Å². The van der Waals surface area contributed by atoms with Crippen LogP contribution in [0.4, 0.5) is 19.0 Å². The molecule has 130 valence electrons. The molecule has 2 atom stereocenters. The van der Waals surface area contributed by atoms with E-state index in [2.05, 4.69) is 10.3 Å². The third-order valence-electron chi connectivity index (χ3n) is 4.58.